The quantitative estimate of drug-likeness (QED) is 0.497. The van der Waals surface area contributed by atoms with Gasteiger partial charge in [0.1, 0.15) is 12.0 Å². The molecule has 0 unspecified atom stereocenters. The Morgan fingerprint density at radius 1 is 0.512 bits per heavy atom. The van der Waals surface area contributed by atoms with E-state index in [1.54, 1.807) is 12.1 Å². The molecule has 2 fully saturated rings. The first-order valence-corrected chi connectivity index (χ1v) is 14.6. The van der Waals surface area contributed by atoms with Gasteiger partial charge in [-0.2, -0.15) is 0 Å². The molecule has 2 aliphatic heterocycles. The maximum Gasteiger partial charge on any atom is 0.150 e. The molecule has 2 saturated heterocycles. The SMILES string of the molecule is O=Cc1cc(CN2CCOCCOCCOCCOCC2)c(O)c(CN2CCOCCOCCOCCOCC2)c1. The van der Waals surface area contributed by atoms with Crippen molar-refractivity contribution < 1.29 is 47.8 Å². The molecule has 2 aliphatic rings. The lowest BCUT2D eigenvalue weighted by Crippen LogP contribution is -2.32. The normalized spacial score (nSPS) is 22.0. The number of hydrogen-bond donors (Lipinski definition) is 1. The molecule has 0 aromatic heterocycles. The molecule has 0 saturated carbocycles. The molecule has 0 spiro atoms. The van der Waals surface area contributed by atoms with Gasteiger partial charge in [0.15, 0.2) is 0 Å². The van der Waals surface area contributed by atoms with Crippen LogP contribution in [0.3, 0.4) is 0 Å². The van der Waals surface area contributed by atoms with Gasteiger partial charge in [0, 0.05) is 56.0 Å². The zero-order valence-corrected chi connectivity index (χ0v) is 24.3. The molecule has 12 nitrogen and oxygen atoms in total. The van der Waals surface area contributed by atoms with Gasteiger partial charge >= 0.3 is 0 Å². The van der Waals surface area contributed by atoms with Crippen LogP contribution in [0.15, 0.2) is 12.1 Å². The monoisotopic (exact) mass is 584 g/mol. The molecule has 1 aromatic rings. The zero-order valence-electron chi connectivity index (χ0n) is 24.3. The van der Waals surface area contributed by atoms with Crippen molar-refractivity contribution in [1.29, 1.82) is 0 Å². The van der Waals surface area contributed by atoms with Crippen LogP contribution in [-0.2, 0) is 51.0 Å². The molecule has 1 N–H and O–H groups in total. The highest BCUT2D eigenvalue weighted by atomic mass is 16.6. The first-order chi connectivity index (χ1) is 20.3. The molecule has 234 valence electrons. The van der Waals surface area contributed by atoms with Gasteiger partial charge in [0.25, 0.3) is 0 Å². The van der Waals surface area contributed by atoms with E-state index in [1.165, 1.54) is 0 Å². The smallest absolute Gasteiger partial charge is 0.150 e. The van der Waals surface area contributed by atoms with Crippen molar-refractivity contribution in [2.24, 2.45) is 0 Å². The molecule has 0 aliphatic carbocycles. The van der Waals surface area contributed by atoms with Crippen LogP contribution in [0.25, 0.3) is 0 Å². The summed E-state index contributed by atoms with van der Waals surface area (Å²) in [6.45, 7) is 11.8. The van der Waals surface area contributed by atoms with E-state index in [1.807, 2.05) is 0 Å². The molecule has 2 heterocycles. The lowest BCUT2D eigenvalue weighted by Gasteiger charge is -2.26. The molecule has 0 amide bonds. The van der Waals surface area contributed by atoms with Crippen LogP contribution in [-0.4, -0.2) is 153 Å². The van der Waals surface area contributed by atoms with Crippen LogP contribution in [0.4, 0.5) is 0 Å². The van der Waals surface area contributed by atoms with Crippen LogP contribution in [0, 0.1) is 0 Å². The van der Waals surface area contributed by atoms with Crippen molar-refractivity contribution in [2.45, 2.75) is 13.1 Å². The first kappa shape index (κ1) is 33.8. The maximum atomic E-state index is 11.9. The standard InChI is InChI=1S/C29H48N2O10/c32-25-26-21-27(23-30-1-5-34-9-13-38-17-18-39-14-10-35-6-2-30)29(33)28(22-26)24-31-3-7-36-11-15-40-19-20-41-16-12-37-8-4-31/h21-22,25,33H,1-20,23-24H2. The summed E-state index contributed by atoms with van der Waals surface area (Å²) >= 11 is 0. The fraction of sp³-hybridized carbons (Fsp3) is 0.759. The number of aldehydes is 1. The average molecular weight is 585 g/mol. The van der Waals surface area contributed by atoms with Crippen LogP contribution in [0.5, 0.6) is 5.75 Å². The van der Waals surface area contributed by atoms with Crippen molar-refractivity contribution in [2.75, 3.05) is 132 Å². The van der Waals surface area contributed by atoms with E-state index in [9.17, 15) is 9.90 Å². The number of nitrogens with zero attached hydrogens (tertiary/aromatic N) is 2. The van der Waals surface area contributed by atoms with E-state index < -0.39 is 0 Å². The summed E-state index contributed by atoms with van der Waals surface area (Å²) in [7, 11) is 0. The predicted octanol–water partition coefficient (Wildman–Crippen LogP) is 0.969. The highest BCUT2D eigenvalue weighted by Gasteiger charge is 2.17. The van der Waals surface area contributed by atoms with Gasteiger partial charge in [-0.15, -0.1) is 0 Å². The van der Waals surface area contributed by atoms with E-state index in [0.29, 0.717) is 162 Å². The van der Waals surface area contributed by atoms with Gasteiger partial charge in [-0.1, -0.05) is 0 Å². The highest BCUT2D eigenvalue weighted by molar-refractivity contribution is 5.76. The van der Waals surface area contributed by atoms with Crippen molar-refractivity contribution in [1.82, 2.24) is 9.80 Å². The summed E-state index contributed by atoms with van der Waals surface area (Å²) in [5.41, 5.74) is 1.90. The highest BCUT2D eigenvalue weighted by Crippen LogP contribution is 2.27. The average Bonchev–Trinajstić information content (AvgIpc) is 2.99. The molecule has 12 heteroatoms. The van der Waals surface area contributed by atoms with Gasteiger partial charge in [0.05, 0.1) is 106 Å². The fourth-order valence-electron chi connectivity index (χ4n) is 4.42. The molecule has 41 heavy (non-hydrogen) atoms. The molecular formula is C29H48N2O10. The molecule has 3 rings (SSSR count). The number of aromatic hydroxyl groups is 1. The number of ether oxygens (including phenoxy) is 8. The van der Waals surface area contributed by atoms with E-state index in [2.05, 4.69) is 9.80 Å². The number of phenols is 1. The Labute approximate surface area is 243 Å². The van der Waals surface area contributed by atoms with E-state index in [4.69, 9.17) is 37.9 Å². The summed E-state index contributed by atoms with van der Waals surface area (Å²) in [4.78, 5) is 16.2. The summed E-state index contributed by atoms with van der Waals surface area (Å²) < 4.78 is 45.0. The summed E-state index contributed by atoms with van der Waals surface area (Å²) in [6, 6.07) is 3.51. The Morgan fingerprint density at radius 2 is 0.780 bits per heavy atom. The van der Waals surface area contributed by atoms with Gasteiger partial charge in [0.2, 0.25) is 0 Å². The Kier molecular flexibility index (Phi) is 18.1. The molecule has 0 bridgehead atoms. The third kappa shape index (κ3) is 14.8. The number of phenolic OH excluding ortho intramolecular Hbond substituents is 1. The zero-order chi connectivity index (χ0) is 28.8. The van der Waals surface area contributed by atoms with Crippen molar-refractivity contribution in [3.63, 3.8) is 0 Å². The van der Waals surface area contributed by atoms with Gasteiger partial charge in [-0.25, -0.2) is 0 Å². The minimum absolute atomic E-state index is 0.189. The van der Waals surface area contributed by atoms with Gasteiger partial charge < -0.3 is 43.0 Å². The third-order valence-corrected chi connectivity index (χ3v) is 6.65. The second kappa shape index (κ2) is 21.9. The van der Waals surface area contributed by atoms with Crippen LogP contribution < -0.4 is 0 Å². The first-order valence-electron chi connectivity index (χ1n) is 14.6. The predicted molar refractivity (Wildman–Crippen MR) is 151 cm³/mol. The van der Waals surface area contributed by atoms with Crippen LogP contribution in [0.1, 0.15) is 21.5 Å². The number of hydrogen-bond acceptors (Lipinski definition) is 12. The largest absolute Gasteiger partial charge is 0.507 e. The number of benzene rings is 1. The number of rotatable bonds is 5. The van der Waals surface area contributed by atoms with Crippen LogP contribution in [0.2, 0.25) is 0 Å². The summed E-state index contributed by atoms with van der Waals surface area (Å²) in [5, 5.41) is 11.3. The molecule has 0 radical (unpaired) electrons. The lowest BCUT2D eigenvalue weighted by atomic mass is 10.0. The minimum Gasteiger partial charge on any atom is -0.507 e. The molecule has 0 atom stereocenters. The molecule has 1 aromatic carbocycles. The molecular weight excluding hydrogens is 536 g/mol. The minimum atomic E-state index is 0.189. The van der Waals surface area contributed by atoms with Gasteiger partial charge in [-0.05, 0) is 12.1 Å². The van der Waals surface area contributed by atoms with E-state index in [0.717, 1.165) is 6.29 Å². The summed E-state index contributed by atoms with van der Waals surface area (Å²) in [6.07, 6.45) is 0.822. The van der Waals surface area contributed by atoms with Gasteiger partial charge in [-0.3, -0.25) is 14.6 Å². The summed E-state index contributed by atoms with van der Waals surface area (Å²) in [5.74, 6) is 0.189. The Morgan fingerprint density at radius 3 is 1.05 bits per heavy atom. The fourth-order valence-corrected chi connectivity index (χ4v) is 4.42. The van der Waals surface area contributed by atoms with Crippen molar-refractivity contribution >= 4 is 6.29 Å². The van der Waals surface area contributed by atoms with E-state index >= 15 is 0 Å². The second-order valence-electron chi connectivity index (χ2n) is 9.76. The number of carbonyl (C=O) groups excluding carboxylic acids is 1. The Bertz CT molecular complexity index is 740. The number of carbonyl (C=O) groups is 1. The lowest BCUT2D eigenvalue weighted by molar-refractivity contribution is 0.00206. The van der Waals surface area contributed by atoms with Crippen LogP contribution >= 0.6 is 0 Å². The Balaban J connectivity index is 1.65. The van der Waals surface area contributed by atoms with Crippen molar-refractivity contribution in [3.05, 3.63) is 28.8 Å². The van der Waals surface area contributed by atoms with Crippen molar-refractivity contribution in [3.8, 4) is 5.75 Å². The second-order valence-corrected chi connectivity index (χ2v) is 9.76. The maximum absolute atomic E-state index is 11.9. The Hall–Kier alpha value is -1.71. The van der Waals surface area contributed by atoms with E-state index in [-0.39, 0.29) is 5.75 Å². The topological polar surface area (TPSA) is 118 Å². The third-order valence-electron chi connectivity index (χ3n) is 6.65.